The number of aromatic hydroxyl groups is 1. The number of nitrogens with one attached hydrogen (secondary N) is 1. The van der Waals surface area contributed by atoms with Crippen molar-refractivity contribution in [2.75, 3.05) is 31.1 Å². The molecular formula is C30H35F3N4O7. The SMILES string of the molecule is CC(C)(C)c1cc(C(=O)CN2Cc3ccc(C4CC4)nc3C2=N)cc(N2CCC(OCC(=O)O)C2)c1O.O=C(O)C(F)(F)F. The Kier molecular flexibility index (Phi) is 9.24. The van der Waals surface area contributed by atoms with Crippen molar-refractivity contribution in [1.29, 1.82) is 5.41 Å². The molecule has 1 saturated heterocycles. The second-order valence-electron chi connectivity index (χ2n) is 12.2. The number of aliphatic carboxylic acids is 2. The highest BCUT2D eigenvalue weighted by molar-refractivity contribution is 6.05. The smallest absolute Gasteiger partial charge is 0.490 e. The van der Waals surface area contributed by atoms with Crippen LogP contribution in [0.3, 0.4) is 0 Å². The Labute approximate surface area is 251 Å². The van der Waals surface area contributed by atoms with Crippen LogP contribution in [0.2, 0.25) is 0 Å². The number of phenolic OH excluding ortho intramolecular Hbond substituents is 1. The molecule has 1 atom stereocenters. The van der Waals surface area contributed by atoms with E-state index in [1.165, 1.54) is 0 Å². The van der Waals surface area contributed by atoms with Crippen LogP contribution in [-0.2, 0) is 26.3 Å². The van der Waals surface area contributed by atoms with Crippen molar-refractivity contribution in [1.82, 2.24) is 9.88 Å². The summed E-state index contributed by atoms with van der Waals surface area (Å²) in [5, 5.41) is 35.9. The van der Waals surface area contributed by atoms with Gasteiger partial charge in [-0.1, -0.05) is 26.8 Å². The lowest BCUT2D eigenvalue weighted by Gasteiger charge is -2.27. The topological polar surface area (TPSA) is 164 Å². The van der Waals surface area contributed by atoms with E-state index < -0.39 is 23.5 Å². The number of nitrogens with zero attached hydrogens (tertiary/aromatic N) is 3. The van der Waals surface area contributed by atoms with Crippen molar-refractivity contribution in [3.8, 4) is 5.75 Å². The van der Waals surface area contributed by atoms with E-state index in [1.54, 1.807) is 17.0 Å². The van der Waals surface area contributed by atoms with Crippen molar-refractivity contribution < 1.29 is 47.6 Å². The number of ether oxygens (including phenoxy) is 1. The fraction of sp³-hybridized carbons (Fsp3) is 0.500. The summed E-state index contributed by atoms with van der Waals surface area (Å²) < 4.78 is 37.2. The number of hydrogen-bond donors (Lipinski definition) is 4. The number of rotatable bonds is 8. The predicted octanol–water partition coefficient (Wildman–Crippen LogP) is 4.30. The van der Waals surface area contributed by atoms with Crippen LogP contribution in [0.25, 0.3) is 0 Å². The zero-order valence-electron chi connectivity index (χ0n) is 24.6. The first-order valence-electron chi connectivity index (χ1n) is 14.1. The van der Waals surface area contributed by atoms with Gasteiger partial charge in [-0.05, 0) is 42.9 Å². The lowest BCUT2D eigenvalue weighted by atomic mass is 9.84. The maximum absolute atomic E-state index is 13.5. The number of halogens is 3. The number of hydrogen-bond acceptors (Lipinski definition) is 8. The molecular weight excluding hydrogens is 585 g/mol. The van der Waals surface area contributed by atoms with Crippen LogP contribution in [0, 0.1) is 5.41 Å². The van der Waals surface area contributed by atoms with Gasteiger partial charge < -0.3 is 29.9 Å². The van der Waals surface area contributed by atoms with Gasteiger partial charge >= 0.3 is 18.1 Å². The molecule has 4 N–H and O–H groups in total. The third-order valence-electron chi connectivity index (χ3n) is 7.62. The average molecular weight is 621 g/mol. The monoisotopic (exact) mass is 620 g/mol. The number of carbonyl (C=O) groups excluding carboxylic acids is 1. The molecule has 11 nitrogen and oxygen atoms in total. The number of benzene rings is 1. The number of alkyl halides is 3. The largest absolute Gasteiger partial charge is 0.505 e. The first-order valence-corrected chi connectivity index (χ1v) is 14.1. The molecule has 3 heterocycles. The lowest BCUT2D eigenvalue weighted by molar-refractivity contribution is -0.192. The Morgan fingerprint density at radius 3 is 2.32 bits per heavy atom. The fourth-order valence-electron chi connectivity index (χ4n) is 5.14. The maximum Gasteiger partial charge on any atom is 0.490 e. The lowest BCUT2D eigenvalue weighted by Crippen LogP contribution is -2.31. The first-order chi connectivity index (χ1) is 20.5. The quantitative estimate of drug-likeness (QED) is 0.313. The molecule has 0 bridgehead atoms. The molecule has 1 unspecified atom stereocenters. The van der Waals surface area contributed by atoms with Gasteiger partial charge in [-0.25, -0.2) is 14.6 Å². The number of amidine groups is 1. The van der Waals surface area contributed by atoms with Gasteiger partial charge in [0.2, 0.25) is 0 Å². The van der Waals surface area contributed by atoms with Gasteiger partial charge in [0.25, 0.3) is 0 Å². The molecule has 3 aliphatic rings. The highest BCUT2D eigenvalue weighted by Gasteiger charge is 2.38. The summed E-state index contributed by atoms with van der Waals surface area (Å²) in [5.74, 6) is -3.01. The van der Waals surface area contributed by atoms with Gasteiger partial charge in [0.15, 0.2) is 5.78 Å². The van der Waals surface area contributed by atoms with E-state index in [0.29, 0.717) is 54.5 Å². The summed E-state index contributed by atoms with van der Waals surface area (Å²) in [6, 6.07) is 7.54. The number of phenols is 1. The number of carbonyl (C=O) groups is 3. The van der Waals surface area contributed by atoms with Crippen molar-refractivity contribution in [2.45, 2.75) is 70.2 Å². The fourth-order valence-corrected chi connectivity index (χ4v) is 5.14. The second-order valence-corrected chi connectivity index (χ2v) is 12.2. The van der Waals surface area contributed by atoms with Crippen LogP contribution in [0.1, 0.15) is 78.8 Å². The second kappa shape index (κ2) is 12.4. The molecule has 0 radical (unpaired) electrons. The maximum atomic E-state index is 13.5. The van der Waals surface area contributed by atoms with Crippen LogP contribution in [0.5, 0.6) is 5.75 Å². The summed E-state index contributed by atoms with van der Waals surface area (Å²) in [4.78, 5) is 41.7. The Hall–Kier alpha value is -4.20. The van der Waals surface area contributed by atoms with Gasteiger partial charge in [0.05, 0.1) is 18.3 Å². The van der Waals surface area contributed by atoms with E-state index >= 15 is 0 Å². The molecule has 2 aromatic rings. The molecule has 44 heavy (non-hydrogen) atoms. The van der Waals surface area contributed by atoms with Gasteiger partial charge in [-0.15, -0.1) is 0 Å². The molecule has 1 aromatic heterocycles. The minimum atomic E-state index is -5.08. The predicted molar refractivity (Wildman–Crippen MR) is 152 cm³/mol. The van der Waals surface area contributed by atoms with E-state index in [4.69, 9.17) is 30.1 Å². The number of Topliss-reactive ketones (excluding diaryl/α,β-unsaturated/α-hetero) is 1. The number of carboxylic acid groups (broad SMARTS) is 2. The Bertz CT molecular complexity index is 1470. The Balaban J connectivity index is 0.000000566. The number of aromatic nitrogens is 1. The highest BCUT2D eigenvalue weighted by atomic mass is 19.4. The molecule has 0 spiro atoms. The normalized spacial score (nSPS) is 18.1. The Morgan fingerprint density at radius 2 is 1.75 bits per heavy atom. The van der Waals surface area contributed by atoms with Crippen molar-refractivity contribution >= 4 is 29.2 Å². The molecule has 5 rings (SSSR count). The molecule has 1 aliphatic carbocycles. The van der Waals surface area contributed by atoms with Gasteiger partial charge in [0, 0.05) is 47.9 Å². The summed E-state index contributed by atoms with van der Waals surface area (Å²) in [7, 11) is 0. The van der Waals surface area contributed by atoms with E-state index in [0.717, 1.165) is 24.1 Å². The zero-order chi connectivity index (χ0) is 32.6. The zero-order valence-corrected chi connectivity index (χ0v) is 24.6. The number of carboxylic acids is 2. The molecule has 238 valence electrons. The van der Waals surface area contributed by atoms with Crippen LogP contribution in [0.15, 0.2) is 24.3 Å². The highest BCUT2D eigenvalue weighted by Crippen LogP contribution is 2.41. The van der Waals surface area contributed by atoms with Gasteiger partial charge in [0.1, 0.15) is 23.9 Å². The van der Waals surface area contributed by atoms with Crippen molar-refractivity contribution in [3.05, 3.63) is 52.3 Å². The molecule has 2 aliphatic heterocycles. The third-order valence-corrected chi connectivity index (χ3v) is 7.62. The number of fused-ring (bicyclic) bond motifs is 1. The summed E-state index contributed by atoms with van der Waals surface area (Å²) in [5.41, 5.74) is 3.95. The first kappa shape index (κ1) is 32.7. The summed E-state index contributed by atoms with van der Waals surface area (Å²) in [6.45, 7) is 7.13. The minimum Gasteiger partial charge on any atom is -0.505 e. The number of anilines is 1. The third kappa shape index (κ3) is 7.65. The van der Waals surface area contributed by atoms with Crippen molar-refractivity contribution in [3.63, 3.8) is 0 Å². The average Bonchev–Trinajstić information content (AvgIpc) is 3.60. The van der Waals surface area contributed by atoms with E-state index in [-0.39, 0.29) is 36.6 Å². The van der Waals surface area contributed by atoms with E-state index in [1.807, 2.05) is 37.8 Å². The van der Waals surface area contributed by atoms with E-state index in [9.17, 15) is 27.9 Å². The molecule has 14 heteroatoms. The van der Waals surface area contributed by atoms with Crippen molar-refractivity contribution in [2.24, 2.45) is 0 Å². The van der Waals surface area contributed by atoms with Crippen LogP contribution >= 0.6 is 0 Å². The molecule has 1 saturated carbocycles. The van der Waals surface area contributed by atoms with Gasteiger partial charge in [-0.2, -0.15) is 13.2 Å². The molecule has 2 fully saturated rings. The van der Waals surface area contributed by atoms with Crippen LogP contribution < -0.4 is 4.90 Å². The van der Waals surface area contributed by atoms with Crippen LogP contribution in [-0.4, -0.2) is 87.3 Å². The van der Waals surface area contributed by atoms with Gasteiger partial charge in [-0.3, -0.25) is 10.2 Å². The Morgan fingerprint density at radius 1 is 1.09 bits per heavy atom. The number of pyridine rings is 1. The molecule has 1 aromatic carbocycles. The summed E-state index contributed by atoms with van der Waals surface area (Å²) in [6.07, 6.45) is -2.42. The van der Waals surface area contributed by atoms with Crippen LogP contribution in [0.4, 0.5) is 18.9 Å². The minimum absolute atomic E-state index is 0.0477. The number of ketones is 1. The molecule has 0 amide bonds. The van der Waals surface area contributed by atoms with E-state index in [2.05, 4.69) is 0 Å². The standard InChI is InChI=1S/C28H34N4O5.C2HF3O2/c1-28(2,3)20-10-18(11-22(26(20)36)31-9-8-19(13-31)37-15-24(34)35)23(33)14-32-12-17-6-7-21(16-4-5-16)30-25(17)27(32)29;3-2(4,5)1(6)7/h6-7,10-11,16,19,29,36H,4-5,8-9,12-15H2,1-3H3,(H,34,35);(H,6,7). The summed E-state index contributed by atoms with van der Waals surface area (Å²) >= 11 is 0.